The van der Waals surface area contributed by atoms with E-state index in [0.717, 1.165) is 20.1 Å². The summed E-state index contributed by atoms with van der Waals surface area (Å²) in [5, 5.41) is 3.74. The summed E-state index contributed by atoms with van der Waals surface area (Å²) < 4.78 is 1.11. The van der Waals surface area contributed by atoms with E-state index in [-0.39, 0.29) is 18.4 Å². The van der Waals surface area contributed by atoms with Crippen LogP contribution in [0, 0.1) is 0 Å². The highest BCUT2D eigenvalue weighted by Crippen LogP contribution is 2.27. The Labute approximate surface area is 159 Å². The van der Waals surface area contributed by atoms with E-state index in [1.165, 1.54) is 0 Å². The predicted molar refractivity (Wildman–Crippen MR) is 103 cm³/mol. The molecule has 0 saturated carbocycles. The van der Waals surface area contributed by atoms with Crippen LogP contribution >= 0.6 is 11.3 Å². The zero-order valence-electron chi connectivity index (χ0n) is 14.6. The lowest BCUT2D eigenvalue weighted by Gasteiger charge is -2.15. The minimum atomic E-state index is -0.426. The summed E-state index contributed by atoms with van der Waals surface area (Å²) in [6.07, 6.45) is 0. The molecule has 1 aliphatic heterocycles. The summed E-state index contributed by atoms with van der Waals surface area (Å²) in [4.78, 5) is 42.5. The molecule has 6 nitrogen and oxygen atoms in total. The number of benzene rings is 2. The van der Waals surface area contributed by atoms with Crippen LogP contribution in [0.5, 0.6) is 0 Å². The summed E-state index contributed by atoms with van der Waals surface area (Å²) in [6, 6.07) is 14.5. The van der Waals surface area contributed by atoms with E-state index < -0.39 is 11.8 Å². The highest BCUT2D eigenvalue weighted by molar-refractivity contribution is 7.18. The van der Waals surface area contributed by atoms with Gasteiger partial charge in [0, 0.05) is 12.5 Å². The largest absolute Gasteiger partial charge is 0.354 e. The Balaban J connectivity index is 1.37. The molecule has 1 N–H and O–H groups in total. The molecule has 136 valence electrons. The Hall–Kier alpha value is -3.06. The lowest BCUT2D eigenvalue weighted by atomic mass is 10.1. The fourth-order valence-corrected chi connectivity index (χ4v) is 4.06. The maximum Gasteiger partial charge on any atom is 0.262 e. The second kappa shape index (κ2) is 6.92. The number of rotatable bonds is 5. The van der Waals surface area contributed by atoms with Gasteiger partial charge in [0.1, 0.15) is 6.54 Å². The Bertz CT molecular complexity index is 991. The van der Waals surface area contributed by atoms with Crippen LogP contribution in [0.4, 0.5) is 0 Å². The standard InChI is InChI=1S/C20H17N3O3S/c1-12(18-22-15-8-4-5-9-16(15)27-18)10-21-17(24)11-23-19(25)13-6-2-3-7-14(13)20(23)26/h2-9,12H,10-11H2,1H3,(H,21,24). The molecule has 2 aromatic carbocycles. The first-order chi connectivity index (χ1) is 13.0. The number of amides is 3. The van der Waals surface area contributed by atoms with Crippen LogP contribution in [-0.2, 0) is 4.79 Å². The molecule has 0 saturated heterocycles. The van der Waals surface area contributed by atoms with Crippen molar-refractivity contribution in [1.29, 1.82) is 0 Å². The molecule has 0 aliphatic carbocycles. The number of aromatic nitrogens is 1. The van der Waals surface area contributed by atoms with Crippen LogP contribution in [0.15, 0.2) is 48.5 Å². The molecule has 1 aliphatic rings. The number of hydrogen-bond donors (Lipinski definition) is 1. The van der Waals surface area contributed by atoms with E-state index >= 15 is 0 Å². The van der Waals surface area contributed by atoms with Gasteiger partial charge in [0.15, 0.2) is 0 Å². The molecule has 3 aromatic rings. The van der Waals surface area contributed by atoms with Crippen LogP contribution in [0.25, 0.3) is 10.2 Å². The van der Waals surface area contributed by atoms with Gasteiger partial charge in [-0.1, -0.05) is 31.2 Å². The van der Waals surface area contributed by atoms with Gasteiger partial charge in [-0.3, -0.25) is 19.3 Å². The summed E-state index contributed by atoms with van der Waals surface area (Å²) in [5.41, 5.74) is 1.64. The fourth-order valence-electron chi connectivity index (χ4n) is 3.04. The minimum Gasteiger partial charge on any atom is -0.354 e. The topological polar surface area (TPSA) is 79.4 Å². The van der Waals surface area contributed by atoms with Gasteiger partial charge in [0.2, 0.25) is 5.91 Å². The molecule has 1 aromatic heterocycles. The van der Waals surface area contributed by atoms with Crippen LogP contribution in [0.2, 0.25) is 0 Å². The molecule has 0 spiro atoms. The maximum absolute atomic E-state index is 12.3. The molecular weight excluding hydrogens is 362 g/mol. The smallest absolute Gasteiger partial charge is 0.262 e. The van der Waals surface area contributed by atoms with Gasteiger partial charge >= 0.3 is 0 Å². The van der Waals surface area contributed by atoms with Crippen molar-refractivity contribution in [2.75, 3.05) is 13.1 Å². The van der Waals surface area contributed by atoms with E-state index in [1.807, 2.05) is 31.2 Å². The number of thiazole rings is 1. The summed E-state index contributed by atoms with van der Waals surface area (Å²) in [6.45, 7) is 2.10. The maximum atomic E-state index is 12.3. The van der Waals surface area contributed by atoms with Crippen LogP contribution in [-0.4, -0.2) is 40.7 Å². The summed E-state index contributed by atoms with van der Waals surface area (Å²) in [7, 11) is 0. The number of carbonyl (C=O) groups excluding carboxylic acids is 3. The molecule has 7 heteroatoms. The van der Waals surface area contributed by atoms with Crippen molar-refractivity contribution in [3.05, 3.63) is 64.7 Å². The van der Waals surface area contributed by atoms with Gasteiger partial charge in [0.05, 0.1) is 26.4 Å². The van der Waals surface area contributed by atoms with Gasteiger partial charge in [-0.2, -0.15) is 0 Å². The number of nitrogens with one attached hydrogen (secondary N) is 1. The fraction of sp³-hybridized carbons (Fsp3) is 0.200. The van der Waals surface area contributed by atoms with Crippen molar-refractivity contribution in [2.45, 2.75) is 12.8 Å². The Morgan fingerprint density at radius 2 is 1.70 bits per heavy atom. The van der Waals surface area contributed by atoms with Gasteiger partial charge in [0.25, 0.3) is 11.8 Å². The van der Waals surface area contributed by atoms with Crippen molar-refractivity contribution < 1.29 is 14.4 Å². The van der Waals surface area contributed by atoms with Crippen molar-refractivity contribution in [1.82, 2.24) is 15.2 Å². The van der Waals surface area contributed by atoms with E-state index in [2.05, 4.69) is 10.3 Å². The van der Waals surface area contributed by atoms with Gasteiger partial charge < -0.3 is 5.32 Å². The molecule has 0 radical (unpaired) electrons. The minimum absolute atomic E-state index is 0.0357. The highest BCUT2D eigenvalue weighted by Gasteiger charge is 2.36. The molecule has 0 fully saturated rings. The number of carbonyl (C=O) groups is 3. The summed E-state index contributed by atoms with van der Waals surface area (Å²) in [5.74, 6) is -1.18. The number of fused-ring (bicyclic) bond motifs is 2. The third-order valence-corrected chi connectivity index (χ3v) is 5.79. The summed E-state index contributed by atoms with van der Waals surface area (Å²) >= 11 is 1.60. The van der Waals surface area contributed by atoms with Crippen molar-refractivity contribution in [2.24, 2.45) is 0 Å². The molecule has 2 heterocycles. The highest BCUT2D eigenvalue weighted by atomic mass is 32.1. The first-order valence-corrected chi connectivity index (χ1v) is 9.43. The van der Waals surface area contributed by atoms with Gasteiger partial charge in [-0.15, -0.1) is 11.3 Å². The zero-order valence-corrected chi connectivity index (χ0v) is 15.5. The van der Waals surface area contributed by atoms with E-state index in [9.17, 15) is 14.4 Å². The van der Waals surface area contributed by atoms with Crippen molar-refractivity contribution in [3.63, 3.8) is 0 Å². The third-order valence-electron chi connectivity index (χ3n) is 4.52. The lowest BCUT2D eigenvalue weighted by molar-refractivity contribution is -0.121. The van der Waals surface area contributed by atoms with Crippen LogP contribution in [0.1, 0.15) is 38.6 Å². The van der Waals surface area contributed by atoms with E-state index in [0.29, 0.717) is 17.7 Å². The molecule has 27 heavy (non-hydrogen) atoms. The lowest BCUT2D eigenvalue weighted by Crippen LogP contribution is -2.41. The number of para-hydroxylation sites is 1. The second-order valence-corrected chi connectivity index (χ2v) is 7.53. The van der Waals surface area contributed by atoms with Crippen LogP contribution in [0.3, 0.4) is 0 Å². The predicted octanol–water partition coefficient (Wildman–Crippen LogP) is 2.81. The Kier molecular flexibility index (Phi) is 4.45. The molecule has 1 atom stereocenters. The molecule has 0 bridgehead atoms. The number of imide groups is 1. The first-order valence-electron chi connectivity index (χ1n) is 8.62. The average Bonchev–Trinajstić information content (AvgIpc) is 3.22. The molecule has 3 amide bonds. The molecule has 4 rings (SSSR count). The van der Waals surface area contributed by atoms with E-state index in [1.54, 1.807) is 35.6 Å². The quantitative estimate of drug-likeness (QED) is 0.692. The SMILES string of the molecule is CC(CNC(=O)CN1C(=O)c2ccccc2C1=O)c1nc2ccccc2s1. The van der Waals surface area contributed by atoms with Crippen molar-refractivity contribution >= 4 is 39.3 Å². The van der Waals surface area contributed by atoms with E-state index in [4.69, 9.17) is 0 Å². The molecule has 1 unspecified atom stereocenters. The monoisotopic (exact) mass is 379 g/mol. The van der Waals surface area contributed by atoms with Gasteiger partial charge in [-0.05, 0) is 24.3 Å². The molecular formula is C20H17N3O3S. The Morgan fingerprint density at radius 3 is 2.37 bits per heavy atom. The first kappa shape index (κ1) is 17.4. The normalized spacial score (nSPS) is 14.5. The Morgan fingerprint density at radius 1 is 1.07 bits per heavy atom. The average molecular weight is 379 g/mol. The third kappa shape index (κ3) is 3.21. The van der Waals surface area contributed by atoms with Gasteiger partial charge in [-0.25, -0.2) is 4.98 Å². The number of hydrogen-bond acceptors (Lipinski definition) is 5. The zero-order chi connectivity index (χ0) is 19.0. The number of nitrogens with zero attached hydrogens (tertiary/aromatic N) is 2. The van der Waals surface area contributed by atoms with Crippen LogP contribution < -0.4 is 5.32 Å². The van der Waals surface area contributed by atoms with Crippen molar-refractivity contribution in [3.8, 4) is 0 Å². The second-order valence-electron chi connectivity index (χ2n) is 6.47.